The Morgan fingerprint density at radius 2 is 1.48 bits per heavy atom. The van der Waals surface area contributed by atoms with Crippen LogP contribution in [0.1, 0.15) is 49.5 Å². The van der Waals surface area contributed by atoms with Gasteiger partial charge in [-0.3, -0.25) is 9.59 Å². The highest BCUT2D eigenvalue weighted by Gasteiger charge is 2.38. The fourth-order valence-electron chi connectivity index (χ4n) is 4.48. The van der Waals surface area contributed by atoms with E-state index in [1.54, 1.807) is 22.7 Å². The van der Waals surface area contributed by atoms with Crippen LogP contribution in [0.3, 0.4) is 0 Å². The van der Waals surface area contributed by atoms with Gasteiger partial charge in [-0.05, 0) is 37.1 Å². The maximum absolute atomic E-state index is 14.1. The summed E-state index contributed by atoms with van der Waals surface area (Å²) in [6.45, 7) is 7.00. The van der Waals surface area contributed by atoms with Crippen LogP contribution in [0.2, 0.25) is 0 Å². The van der Waals surface area contributed by atoms with Crippen molar-refractivity contribution in [2.75, 3.05) is 13.1 Å². The minimum Gasteiger partial charge on any atom is -0.342 e. The number of ketones is 1. The number of piperidine rings is 1. The molecule has 4 aromatic rings. The van der Waals surface area contributed by atoms with Crippen LogP contribution in [-0.4, -0.2) is 39.6 Å². The maximum Gasteiger partial charge on any atom is 0.227 e. The van der Waals surface area contributed by atoms with Gasteiger partial charge >= 0.3 is 0 Å². The van der Waals surface area contributed by atoms with Gasteiger partial charge in [-0.15, -0.1) is 22.7 Å². The van der Waals surface area contributed by atoms with Gasteiger partial charge in [0.05, 0.1) is 20.4 Å². The van der Waals surface area contributed by atoms with Crippen LogP contribution in [0.25, 0.3) is 20.4 Å². The van der Waals surface area contributed by atoms with E-state index in [-0.39, 0.29) is 17.6 Å². The van der Waals surface area contributed by atoms with Crippen molar-refractivity contribution in [1.82, 2.24) is 14.9 Å². The Morgan fingerprint density at radius 1 is 0.939 bits per heavy atom. The predicted octanol–water partition coefficient (Wildman–Crippen LogP) is 5.89. The average Bonchev–Trinajstić information content (AvgIpc) is 3.42. The number of rotatable bonds is 4. The van der Waals surface area contributed by atoms with Crippen LogP contribution in [0, 0.1) is 11.3 Å². The topological polar surface area (TPSA) is 63.2 Å². The molecule has 1 fully saturated rings. The Kier molecular flexibility index (Phi) is 5.79. The van der Waals surface area contributed by atoms with E-state index in [0.717, 1.165) is 43.3 Å². The van der Waals surface area contributed by atoms with Gasteiger partial charge < -0.3 is 4.90 Å². The Balaban J connectivity index is 1.53. The number of benzene rings is 2. The normalized spacial score (nSPS) is 17.2. The fourth-order valence-corrected chi connectivity index (χ4v) is 6.71. The fraction of sp³-hybridized carbons (Fsp3) is 0.385. The molecule has 0 radical (unpaired) electrons. The molecule has 1 aliphatic rings. The minimum atomic E-state index is -0.505. The number of amides is 1. The Hall–Kier alpha value is -2.64. The van der Waals surface area contributed by atoms with Crippen molar-refractivity contribution in [1.29, 1.82) is 0 Å². The number of thiazole rings is 2. The second kappa shape index (κ2) is 8.61. The molecular weight excluding hydrogens is 450 g/mol. The van der Waals surface area contributed by atoms with Crippen LogP contribution in [0.5, 0.6) is 0 Å². The number of carbonyl (C=O) groups is 2. The number of hydrogen-bond donors (Lipinski definition) is 0. The summed E-state index contributed by atoms with van der Waals surface area (Å²) in [5.74, 6) is -0.486. The maximum atomic E-state index is 14.1. The zero-order valence-corrected chi connectivity index (χ0v) is 20.7. The second-order valence-electron chi connectivity index (χ2n) is 9.72. The average molecular weight is 478 g/mol. The van der Waals surface area contributed by atoms with Gasteiger partial charge in [0, 0.05) is 24.4 Å². The minimum absolute atomic E-state index is 0.108. The lowest BCUT2D eigenvalue weighted by Gasteiger charge is -2.36. The first-order valence-corrected chi connectivity index (χ1v) is 13.0. The number of Topliss-reactive ketones (excluding diaryl/α,β-unsaturated/α-hetero) is 1. The Labute approximate surface area is 201 Å². The van der Waals surface area contributed by atoms with E-state index in [1.165, 1.54) is 0 Å². The zero-order valence-electron chi connectivity index (χ0n) is 19.1. The molecule has 3 heterocycles. The first-order valence-electron chi connectivity index (χ1n) is 11.4. The van der Waals surface area contributed by atoms with Gasteiger partial charge in [0.25, 0.3) is 0 Å². The third-order valence-electron chi connectivity index (χ3n) is 6.15. The molecule has 7 heteroatoms. The smallest absolute Gasteiger partial charge is 0.227 e. The molecule has 2 aromatic carbocycles. The molecule has 33 heavy (non-hydrogen) atoms. The molecule has 1 aliphatic heterocycles. The van der Waals surface area contributed by atoms with Crippen molar-refractivity contribution < 1.29 is 9.59 Å². The number of likely N-dealkylation sites (tertiary alicyclic amines) is 1. The van der Waals surface area contributed by atoms with Crippen molar-refractivity contribution in [2.24, 2.45) is 11.3 Å². The monoisotopic (exact) mass is 477 g/mol. The summed E-state index contributed by atoms with van der Waals surface area (Å²) in [5, 5.41) is 1.58. The first-order chi connectivity index (χ1) is 15.8. The number of hydrogen-bond acceptors (Lipinski definition) is 6. The van der Waals surface area contributed by atoms with Crippen LogP contribution in [0.15, 0.2) is 48.5 Å². The number of carbonyl (C=O) groups excluding carboxylic acids is 2. The summed E-state index contributed by atoms with van der Waals surface area (Å²) in [4.78, 5) is 38.6. The molecule has 0 bridgehead atoms. The van der Waals surface area contributed by atoms with Crippen LogP contribution < -0.4 is 0 Å². The van der Waals surface area contributed by atoms with Gasteiger partial charge in [0.2, 0.25) is 5.91 Å². The molecule has 0 saturated carbocycles. The molecule has 0 aliphatic carbocycles. The molecule has 170 valence electrons. The Bertz CT molecular complexity index is 1190. The lowest BCUT2D eigenvalue weighted by Crippen LogP contribution is -2.47. The van der Waals surface area contributed by atoms with E-state index in [4.69, 9.17) is 9.97 Å². The molecule has 5 rings (SSSR count). The van der Waals surface area contributed by atoms with Gasteiger partial charge in [-0.2, -0.15) is 0 Å². The lowest BCUT2D eigenvalue weighted by atomic mass is 9.85. The van der Waals surface area contributed by atoms with Crippen molar-refractivity contribution >= 4 is 54.8 Å². The van der Waals surface area contributed by atoms with E-state index in [0.29, 0.717) is 13.1 Å². The number of nitrogens with zero attached hydrogens (tertiary/aromatic N) is 3. The molecule has 2 aromatic heterocycles. The van der Waals surface area contributed by atoms with Crippen LogP contribution >= 0.6 is 22.7 Å². The molecular formula is C26H27N3O2S2. The lowest BCUT2D eigenvalue weighted by molar-refractivity contribution is -0.142. The van der Waals surface area contributed by atoms with Crippen molar-refractivity contribution in [3.63, 3.8) is 0 Å². The van der Waals surface area contributed by atoms with E-state index in [2.05, 4.69) is 0 Å². The van der Waals surface area contributed by atoms with Gasteiger partial charge in [-0.25, -0.2) is 9.97 Å². The van der Waals surface area contributed by atoms with Gasteiger partial charge in [0.15, 0.2) is 5.78 Å². The summed E-state index contributed by atoms with van der Waals surface area (Å²) >= 11 is 3.14. The van der Waals surface area contributed by atoms with Crippen molar-refractivity contribution in [2.45, 2.75) is 39.5 Å². The van der Waals surface area contributed by atoms with Gasteiger partial charge in [0.1, 0.15) is 15.9 Å². The molecule has 1 unspecified atom stereocenters. The number of aromatic nitrogens is 2. The number of fused-ring (bicyclic) bond motifs is 2. The summed E-state index contributed by atoms with van der Waals surface area (Å²) in [6.07, 6.45) is 1.63. The summed E-state index contributed by atoms with van der Waals surface area (Å²) in [5.41, 5.74) is 1.36. The molecule has 1 saturated heterocycles. The summed E-state index contributed by atoms with van der Waals surface area (Å²) in [6, 6.07) is 16.0. The second-order valence-corrected chi connectivity index (χ2v) is 11.8. The van der Waals surface area contributed by atoms with E-state index < -0.39 is 11.3 Å². The van der Waals surface area contributed by atoms with Crippen LogP contribution in [-0.2, 0) is 9.59 Å². The van der Waals surface area contributed by atoms with Crippen LogP contribution in [0.4, 0.5) is 0 Å². The predicted molar refractivity (Wildman–Crippen MR) is 135 cm³/mol. The van der Waals surface area contributed by atoms with Crippen molar-refractivity contribution in [3.8, 4) is 0 Å². The molecule has 0 N–H and O–H groups in total. The highest BCUT2D eigenvalue weighted by atomic mass is 32.1. The summed E-state index contributed by atoms with van der Waals surface area (Å²) in [7, 11) is 0. The SMILES string of the molecule is CC(C)(C)C(=O)N1CCCC(C(=O)C(c2nc3ccccc3s2)c2nc3ccccc3s2)C1. The first kappa shape index (κ1) is 22.2. The zero-order chi connectivity index (χ0) is 23.2. The molecule has 0 spiro atoms. The molecule has 1 amide bonds. The van der Waals surface area contributed by atoms with Gasteiger partial charge in [-0.1, -0.05) is 45.0 Å². The third-order valence-corrected chi connectivity index (χ3v) is 8.35. The summed E-state index contributed by atoms with van der Waals surface area (Å²) < 4.78 is 2.14. The molecule has 5 nitrogen and oxygen atoms in total. The van der Waals surface area contributed by atoms with E-state index >= 15 is 0 Å². The Morgan fingerprint density at radius 3 is 2.00 bits per heavy atom. The largest absolute Gasteiger partial charge is 0.342 e. The van der Waals surface area contributed by atoms with E-state index in [1.807, 2.05) is 74.2 Å². The standard InChI is InChI=1S/C26H27N3O2S2/c1-26(2,3)25(31)29-14-8-9-16(15-29)22(30)21(23-27-17-10-4-6-12-19(17)32-23)24-28-18-11-5-7-13-20(18)33-24/h4-7,10-13,16,21H,8-9,14-15H2,1-3H3. The molecule has 1 atom stereocenters. The van der Waals surface area contributed by atoms with E-state index in [9.17, 15) is 9.59 Å². The highest BCUT2D eigenvalue weighted by molar-refractivity contribution is 7.20. The number of para-hydroxylation sites is 2. The third kappa shape index (κ3) is 4.32. The highest BCUT2D eigenvalue weighted by Crippen LogP contribution is 2.39. The van der Waals surface area contributed by atoms with Crippen molar-refractivity contribution in [3.05, 3.63) is 58.5 Å². The quantitative estimate of drug-likeness (QED) is 0.368.